The highest BCUT2D eigenvalue weighted by Crippen LogP contribution is 2.07. The number of likely N-dealkylation sites (N-methyl/N-ethyl adjacent to an activating group) is 1. The number of nitrogens with zero attached hydrogens (tertiary/aromatic N) is 2. The third-order valence-electron chi connectivity index (χ3n) is 3.90. The summed E-state index contributed by atoms with van der Waals surface area (Å²) in [7, 11) is 2.19. The molecule has 1 heterocycles. The zero-order valence-corrected chi connectivity index (χ0v) is 12.1. The molecule has 1 rings (SSSR count). The third kappa shape index (κ3) is 5.84. The van der Waals surface area contributed by atoms with Crippen LogP contribution in [0.2, 0.25) is 0 Å². The quantitative estimate of drug-likeness (QED) is 0.649. The number of hydrogen-bond acceptors (Lipinski definition) is 3. The molecule has 0 saturated carbocycles. The van der Waals surface area contributed by atoms with Gasteiger partial charge in [-0.1, -0.05) is 6.92 Å². The Kier molecular flexibility index (Phi) is 7.09. The van der Waals surface area contributed by atoms with Gasteiger partial charge >= 0.3 is 0 Å². The molecule has 102 valence electrons. The molecule has 2 unspecified atom stereocenters. The fourth-order valence-corrected chi connectivity index (χ4v) is 2.34. The van der Waals surface area contributed by atoms with E-state index in [0.717, 1.165) is 19.7 Å². The van der Waals surface area contributed by atoms with Gasteiger partial charge < -0.3 is 14.5 Å². The average molecular weight is 242 g/mol. The van der Waals surface area contributed by atoms with E-state index in [9.17, 15) is 0 Å². The van der Waals surface area contributed by atoms with Crippen LogP contribution < -0.4 is 0 Å². The zero-order valence-electron chi connectivity index (χ0n) is 12.1. The summed E-state index contributed by atoms with van der Waals surface area (Å²) in [5.74, 6) is 0. The summed E-state index contributed by atoms with van der Waals surface area (Å²) in [5, 5.41) is 0. The Hall–Kier alpha value is -0.120. The summed E-state index contributed by atoms with van der Waals surface area (Å²) in [4.78, 5) is 4.89. The molecule has 0 amide bonds. The molecule has 1 aliphatic rings. The highest BCUT2D eigenvalue weighted by molar-refractivity contribution is 4.67. The van der Waals surface area contributed by atoms with Gasteiger partial charge in [0.25, 0.3) is 0 Å². The Morgan fingerprint density at radius 2 is 1.88 bits per heavy atom. The van der Waals surface area contributed by atoms with E-state index >= 15 is 0 Å². The Labute approximate surface area is 107 Å². The fraction of sp³-hybridized carbons (Fsp3) is 1.00. The number of ether oxygens (including phenoxy) is 1. The van der Waals surface area contributed by atoms with Gasteiger partial charge in [0, 0.05) is 19.1 Å². The molecule has 1 saturated heterocycles. The van der Waals surface area contributed by atoms with Gasteiger partial charge in [-0.25, -0.2) is 0 Å². The highest BCUT2D eigenvalue weighted by atomic mass is 16.5. The fourth-order valence-electron chi connectivity index (χ4n) is 2.34. The van der Waals surface area contributed by atoms with Gasteiger partial charge in [0.1, 0.15) is 0 Å². The summed E-state index contributed by atoms with van der Waals surface area (Å²) in [6.45, 7) is 12.3. The molecule has 0 radical (unpaired) electrons. The number of likely N-dealkylation sites (tertiary alicyclic amines) is 1. The van der Waals surface area contributed by atoms with Crippen molar-refractivity contribution in [1.29, 1.82) is 0 Å². The van der Waals surface area contributed by atoms with E-state index in [1.165, 1.54) is 32.4 Å². The molecular formula is C14H30N2O. The van der Waals surface area contributed by atoms with Crippen LogP contribution in [0.3, 0.4) is 0 Å². The van der Waals surface area contributed by atoms with Crippen molar-refractivity contribution in [1.82, 2.24) is 9.80 Å². The molecule has 2 atom stereocenters. The van der Waals surface area contributed by atoms with Crippen molar-refractivity contribution < 1.29 is 4.74 Å². The normalized spacial score (nSPS) is 21.0. The van der Waals surface area contributed by atoms with E-state index in [0.29, 0.717) is 12.1 Å². The van der Waals surface area contributed by atoms with Crippen LogP contribution in [0.4, 0.5) is 0 Å². The van der Waals surface area contributed by atoms with E-state index in [2.05, 4.69) is 37.6 Å². The van der Waals surface area contributed by atoms with E-state index < -0.39 is 0 Å². The van der Waals surface area contributed by atoms with Crippen molar-refractivity contribution in [3.63, 3.8) is 0 Å². The maximum absolute atomic E-state index is 5.89. The summed E-state index contributed by atoms with van der Waals surface area (Å²) in [6, 6.07) is 0.652. The van der Waals surface area contributed by atoms with Gasteiger partial charge in [0.2, 0.25) is 0 Å². The largest absolute Gasteiger partial charge is 0.376 e. The molecule has 3 heteroatoms. The molecule has 0 N–H and O–H groups in total. The molecule has 1 fully saturated rings. The van der Waals surface area contributed by atoms with Gasteiger partial charge in [-0.05, 0) is 53.2 Å². The lowest BCUT2D eigenvalue weighted by atomic mass is 10.2. The minimum Gasteiger partial charge on any atom is -0.376 e. The van der Waals surface area contributed by atoms with Crippen LogP contribution in [-0.2, 0) is 4.74 Å². The summed E-state index contributed by atoms with van der Waals surface area (Å²) < 4.78 is 5.89. The van der Waals surface area contributed by atoms with Crippen molar-refractivity contribution in [2.75, 3.05) is 39.8 Å². The third-order valence-corrected chi connectivity index (χ3v) is 3.90. The maximum Gasteiger partial charge on any atom is 0.0674 e. The van der Waals surface area contributed by atoms with E-state index in [1.807, 2.05) is 0 Å². The van der Waals surface area contributed by atoms with Crippen LogP contribution in [0.15, 0.2) is 0 Å². The van der Waals surface area contributed by atoms with Gasteiger partial charge in [-0.2, -0.15) is 0 Å². The second kappa shape index (κ2) is 8.06. The van der Waals surface area contributed by atoms with Gasteiger partial charge in [0.05, 0.1) is 12.7 Å². The predicted octanol–water partition coefficient (Wildman–Crippen LogP) is 2.22. The first-order chi connectivity index (χ1) is 8.13. The van der Waals surface area contributed by atoms with E-state index in [-0.39, 0.29) is 0 Å². The predicted molar refractivity (Wildman–Crippen MR) is 73.5 cm³/mol. The standard InChI is InChI=1S/C14H30N2O/c1-5-13(2)15(4)12-14(3)17-11-10-16-8-6-7-9-16/h13-14H,5-12H2,1-4H3. The molecule has 1 aliphatic heterocycles. The molecule has 0 aromatic heterocycles. The maximum atomic E-state index is 5.89. The molecule has 0 aromatic rings. The molecule has 17 heavy (non-hydrogen) atoms. The average Bonchev–Trinajstić information content (AvgIpc) is 2.80. The second-order valence-electron chi connectivity index (χ2n) is 5.43. The van der Waals surface area contributed by atoms with Gasteiger partial charge in [-0.15, -0.1) is 0 Å². The number of hydrogen-bond donors (Lipinski definition) is 0. The van der Waals surface area contributed by atoms with Crippen LogP contribution in [0, 0.1) is 0 Å². The smallest absolute Gasteiger partial charge is 0.0674 e. The Balaban J connectivity index is 2.05. The van der Waals surface area contributed by atoms with Crippen LogP contribution >= 0.6 is 0 Å². The lowest BCUT2D eigenvalue weighted by molar-refractivity contribution is 0.0261. The summed E-state index contributed by atoms with van der Waals surface area (Å²) in [6.07, 6.45) is 4.28. The van der Waals surface area contributed by atoms with Crippen molar-refractivity contribution in [3.05, 3.63) is 0 Å². The Morgan fingerprint density at radius 3 is 2.47 bits per heavy atom. The number of rotatable bonds is 8. The van der Waals surface area contributed by atoms with Gasteiger partial charge in [0.15, 0.2) is 0 Å². The molecule has 3 nitrogen and oxygen atoms in total. The second-order valence-corrected chi connectivity index (χ2v) is 5.43. The minimum atomic E-state index is 0.344. The van der Waals surface area contributed by atoms with Crippen molar-refractivity contribution >= 4 is 0 Å². The van der Waals surface area contributed by atoms with E-state index in [1.54, 1.807) is 0 Å². The van der Waals surface area contributed by atoms with E-state index in [4.69, 9.17) is 4.74 Å². The molecule has 0 spiro atoms. The van der Waals surface area contributed by atoms with Gasteiger partial charge in [-0.3, -0.25) is 0 Å². The molecule has 0 aromatic carbocycles. The molecule has 0 bridgehead atoms. The SMILES string of the molecule is CCC(C)N(C)CC(C)OCCN1CCCC1. The minimum absolute atomic E-state index is 0.344. The lowest BCUT2D eigenvalue weighted by Gasteiger charge is -2.27. The first-order valence-electron chi connectivity index (χ1n) is 7.17. The zero-order chi connectivity index (χ0) is 12.7. The first-order valence-corrected chi connectivity index (χ1v) is 7.17. The van der Waals surface area contributed by atoms with Crippen molar-refractivity contribution in [2.45, 2.75) is 52.2 Å². The monoisotopic (exact) mass is 242 g/mol. The summed E-state index contributed by atoms with van der Waals surface area (Å²) >= 11 is 0. The van der Waals surface area contributed by atoms with Crippen molar-refractivity contribution in [2.24, 2.45) is 0 Å². The highest BCUT2D eigenvalue weighted by Gasteiger charge is 2.13. The Morgan fingerprint density at radius 1 is 1.24 bits per heavy atom. The van der Waals surface area contributed by atoms with Crippen LogP contribution in [0.25, 0.3) is 0 Å². The molecule has 0 aliphatic carbocycles. The Bertz CT molecular complexity index is 193. The lowest BCUT2D eigenvalue weighted by Crippen LogP contribution is -2.36. The van der Waals surface area contributed by atoms with Crippen molar-refractivity contribution in [3.8, 4) is 0 Å². The summed E-state index contributed by atoms with van der Waals surface area (Å²) in [5.41, 5.74) is 0. The first kappa shape index (κ1) is 14.9. The molecular weight excluding hydrogens is 212 g/mol. The van der Waals surface area contributed by atoms with Crippen LogP contribution in [0.5, 0.6) is 0 Å². The topological polar surface area (TPSA) is 15.7 Å². The van der Waals surface area contributed by atoms with Crippen LogP contribution in [-0.4, -0.2) is 61.8 Å². The van der Waals surface area contributed by atoms with Crippen LogP contribution in [0.1, 0.15) is 40.0 Å².